The Hall–Kier alpha value is -2.59. The third kappa shape index (κ3) is 3.95. The molecule has 0 bridgehead atoms. The first-order valence-corrected chi connectivity index (χ1v) is 10.6. The summed E-state index contributed by atoms with van der Waals surface area (Å²) in [5.41, 5.74) is 4.61. The number of likely N-dealkylation sites (tertiary alicyclic amines) is 1. The summed E-state index contributed by atoms with van der Waals surface area (Å²) >= 11 is 0. The van der Waals surface area contributed by atoms with Crippen molar-refractivity contribution in [3.8, 4) is 5.75 Å². The molecule has 0 amide bonds. The Morgan fingerprint density at radius 3 is 2.66 bits per heavy atom. The van der Waals surface area contributed by atoms with E-state index in [1.54, 1.807) is 0 Å². The zero-order valence-corrected chi connectivity index (χ0v) is 17.5. The van der Waals surface area contributed by atoms with Crippen LogP contribution in [0.25, 0.3) is 11.0 Å². The van der Waals surface area contributed by atoms with Gasteiger partial charge in [-0.1, -0.05) is 37.3 Å². The molecule has 1 unspecified atom stereocenters. The predicted molar refractivity (Wildman–Crippen MR) is 116 cm³/mol. The molecule has 0 aliphatic carbocycles. The first kappa shape index (κ1) is 19.7. The Bertz CT molecular complexity index is 1080. The van der Waals surface area contributed by atoms with E-state index in [4.69, 9.17) is 4.42 Å². The zero-order chi connectivity index (χ0) is 20.5. The number of aryl methyl sites for hydroxylation is 2. The molecule has 152 valence electrons. The molecule has 4 heteroatoms. The maximum atomic E-state index is 12.7. The first-order chi connectivity index (χ1) is 13.9. The fourth-order valence-corrected chi connectivity index (χ4v) is 4.75. The maximum Gasteiger partial charge on any atom is 0.340 e. The molecular formula is C25H30NO3+. The SMILES string of the molecule is Cc1cc2oc(=O)c(Cc3ccccc3)c(C)c2c(O)c1C[NH+]1CCC[C@@H](C)C1. The number of piperidine rings is 1. The topological polar surface area (TPSA) is 54.9 Å². The summed E-state index contributed by atoms with van der Waals surface area (Å²) < 4.78 is 5.65. The molecule has 2 heterocycles. The summed E-state index contributed by atoms with van der Waals surface area (Å²) in [7, 11) is 0. The highest BCUT2D eigenvalue weighted by atomic mass is 16.4. The second kappa shape index (κ2) is 8.03. The van der Waals surface area contributed by atoms with E-state index in [2.05, 4.69) is 6.92 Å². The van der Waals surface area contributed by atoms with Gasteiger partial charge in [0.15, 0.2) is 0 Å². The number of quaternary nitrogens is 1. The number of benzene rings is 2. The van der Waals surface area contributed by atoms with Gasteiger partial charge in [-0.3, -0.25) is 0 Å². The van der Waals surface area contributed by atoms with Crippen molar-refractivity contribution in [3.05, 3.63) is 74.6 Å². The summed E-state index contributed by atoms with van der Waals surface area (Å²) in [6, 6.07) is 11.8. The Kier molecular flexibility index (Phi) is 5.46. The lowest BCUT2D eigenvalue weighted by molar-refractivity contribution is -0.922. The zero-order valence-electron chi connectivity index (χ0n) is 17.5. The Balaban J connectivity index is 1.78. The lowest BCUT2D eigenvalue weighted by Crippen LogP contribution is -3.12. The van der Waals surface area contributed by atoms with Crippen LogP contribution in [0.4, 0.5) is 0 Å². The first-order valence-electron chi connectivity index (χ1n) is 10.6. The third-order valence-electron chi connectivity index (χ3n) is 6.38. The van der Waals surface area contributed by atoms with E-state index in [0.717, 1.165) is 47.8 Å². The van der Waals surface area contributed by atoms with Crippen LogP contribution >= 0.6 is 0 Å². The van der Waals surface area contributed by atoms with Gasteiger partial charge in [-0.05, 0) is 49.4 Å². The van der Waals surface area contributed by atoms with Crippen molar-refractivity contribution in [1.29, 1.82) is 0 Å². The summed E-state index contributed by atoms with van der Waals surface area (Å²) in [6.45, 7) is 9.31. The molecule has 1 fully saturated rings. The van der Waals surface area contributed by atoms with E-state index in [0.29, 0.717) is 23.0 Å². The highest BCUT2D eigenvalue weighted by molar-refractivity contribution is 5.89. The average Bonchev–Trinajstić information content (AvgIpc) is 2.69. The molecule has 29 heavy (non-hydrogen) atoms. The van der Waals surface area contributed by atoms with Crippen LogP contribution in [0.15, 0.2) is 45.6 Å². The second-order valence-corrected chi connectivity index (χ2v) is 8.68. The van der Waals surface area contributed by atoms with Gasteiger partial charge in [0.2, 0.25) is 0 Å². The Labute approximate surface area is 171 Å². The average molecular weight is 393 g/mol. The Morgan fingerprint density at radius 1 is 1.17 bits per heavy atom. The summed E-state index contributed by atoms with van der Waals surface area (Å²) in [6.07, 6.45) is 3.03. The predicted octanol–water partition coefficient (Wildman–Crippen LogP) is 3.52. The van der Waals surface area contributed by atoms with Crippen LogP contribution in [0.2, 0.25) is 0 Å². The number of hydrogen-bond acceptors (Lipinski definition) is 3. The minimum absolute atomic E-state index is 0.279. The van der Waals surface area contributed by atoms with Gasteiger partial charge in [0.1, 0.15) is 17.9 Å². The molecule has 0 saturated carbocycles. The van der Waals surface area contributed by atoms with Gasteiger partial charge in [0, 0.05) is 17.9 Å². The van der Waals surface area contributed by atoms with Crippen molar-refractivity contribution in [3.63, 3.8) is 0 Å². The fraction of sp³-hybridized carbons (Fsp3) is 0.400. The van der Waals surface area contributed by atoms with Crippen LogP contribution in [0.1, 0.15) is 47.6 Å². The van der Waals surface area contributed by atoms with Crippen LogP contribution in [0, 0.1) is 19.8 Å². The van der Waals surface area contributed by atoms with Crippen LogP contribution in [0.5, 0.6) is 5.75 Å². The van der Waals surface area contributed by atoms with Gasteiger partial charge in [-0.15, -0.1) is 0 Å². The summed E-state index contributed by atoms with van der Waals surface area (Å²) in [4.78, 5) is 14.2. The molecule has 2 aromatic carbocycles. The van der Waals surface area contributed by atoms with Crippen molar-refractivity contribution in [2.75, 3.05) is 13.1 Å². The van der Waals surface area contributed by atoms with Crippen LogP contribution in [-0.4, -0.2) is 18.2 Å². The summed E-state index contributed by atoms with van der Waals surface area (Å²) in [5, 5.41) is 11.9. The molecule has 4 rings (SSSR count). The van der Waals surface area contributed by atoms with Crippen LogP contribution in [-0.2, 0) is 13.0 Å². The highest BCUT2D eigenvalue weighted by Gasteiger charge is 2.24. The number of aromatic hydroxyl groups is 1. The standard InChI is InChI=1S/C25H29NO3/c1-16-8-7-11-26(14-16)15-21-17(2)12-22-23(24(21)27)18(3)20(25(28)29-22)13-19-9-5-4-6-10-19/h4-6,9-10,12,16,27H,7-8,11,13-15H2,1-3H3/p+1/t16-/m1/s1. The lowest BCUT2D eigenvalue weighted by Gasteiger charge is -2.28. The van der Waals surface area contributed by atoms with Crippen molar-refractivity contribution >= 4 is 11.0 Å². The molecular weight excluding hydrogens is 362 g/mol. The number of hydrogen-bond donors (Lipinski definition) is 2. The maximum absolute atomic E-state index is 12.7. The van der Waals surface area contributed by atoms with Crippen molar-refractivity contribution in [2.45, 2.75) is 46.6 Å². The molecule has 1 saturated heterocycles. The van der Waals surface area contributed by atoms with E-state index < -0.39 is 0 Å². The Morgan fingerprint density at radius 2 is 1.93 bits per heavy atom. The minimum atomic E-state index is -0.319. The van der Waals surface area contributed by atoms with Crippen molar-refractivity contribution in [2.24, 2.45) is 5.92 Å². The third-order valence-corrected chi connectivity index (χ3v) is 6.38. The van der Waals surface area contributed by atoms with E-state index in [-0.39, 0.29) is 11.4 Å². The largest absolute Gasteiger partial charge is 0.507 e. The van der Waals surface area contributed by atoms with E-state index in [9.17, 15) is 9.90 Å². The molecule has 0 radical (unpaired) electrons. The quantitative estimate of drug-likeness (QED) is 0.668. The number of phenols is 1. The van der Waals surface area contributed by atoms with Gasteiger partial charge >= 0.3 is 5.63 Å². The van der Waals surface area contributed by atoms with Crippen LogP contribution in [0.3, 0.4) is 0 Å². The summed E-state index contributed by atoms with van der Waals surface area (Å²) in [5.74, 6) is 1.00. The fourth-order valence-electron chi connectivity index (χ4n) is 4.75. The normalized spacial score (nSPS) is 19.6. The molecule has 2 atom stereocenters. The molecule has 2 N–H and O–H groups in total. The van der Waals surface area contributed by atoms with Gasteiger partial charge in [-0.25, -0.2) is 4.79 Å². The highest BCUT2D eigenvalue weighted by Crippen LogP contribution is 2.34. The molecule has 1 aromatic heterocycles. The van der Waals surface area contributed by atoms with Crippen molar-refractivity contribution in [1.82, 2.24) is 0 Å². The second-order valence-electron chi connectivity index (χ2n) is 8.68. The number of phenolic OH excluding ortho intramolecular Hbond substituents is 1. The van der Waals surface area contributed by atoms with E-state index in [1.807, 2.05) is 50.2 Å². The van der Waals surface area contributed by atoms with Gasteiger partial charge in [0.05, 0.1) is 24.0 Å². The lowest BCUT2D eigenvalue weighted by atomic mass is 9.95. The molecule has 1 aliphatic rings. The van der Waals surface area contributed by atoms with Gasteiger partial charge in [0.25, 0.3) is 0 Å². The monoisotopic (exact) mass is 392 g/mol. The van der Waals surface area contributed by atoms with Crippen LogP contribution < -0.4 is 10.5 Å². The smallest absolute Gasteiger partial charge is 0.340 e. The number of rotatable bonds is 4. The van der Waals surface area contributed by atoms with E-state index >= 15 is 0 Å². The van der Waals surface area contributed by atoms with Gasteiger partial charge < -0.3 is 14.4 Å². The molecule has 0 spiro atoms. The number of fused-ring (bicyclic) bond motifs is 1. The minimum Gasteiger partial charge on any atom is -0.507 e. The molecule has 3 aromatic rings. The molecule has 4 nitrogen and oxygen atoms in total. The van der Waals surface area contributed by atoms with Gasteiger partial charge in [-0.2, -0.15) is 0 Å². The van der Waals surface area contributed by atoms with Crippen molar-refractivity contribution < 1.29 is 14.4 Å². The van der Waals surface area contributed by atoms with E-state index in [1.165, 1.54) is 17.7 Å². The number of nitrogens with one attached hydrogen (secondary N) is 1. The molecule has 1 aliphatic heterocycles.